The van der Waals surface area contributed by atoms with Crippen molar-refractivity contribution in [1.29, 1.82) is 0 Å². The fourth-order valence-electron chi connectivity index (χ4n) is 2.01. The maximum atomic E-state index is 10.8. The van der Waals surface area contributed by atoms with Crippen LogP contribution in [0.2, 0.25) is 0 Å². The molecule has 1 aliphatic carbocycles. The van der Waals surface area contributed by atoms with Crippen molar-refractivity contribution in [3.8, 4) is 0 Å². The average Bonchev–Trinajstić information content (AvgIpc) is 2.92. The molecule has 0 saturated heterocycles. The van der Waals surface area contributed by atoms with Crippen LogP contribution in [0, 0.1) is 22.0 Å². The molecule has 1 saturated carbocycles. The molecule has 2 atom stereocenters. The zero-order valence-corrected chi connectivity index (χ0v) is 10.4. The number of fused-ring (bicyclic) bond motifs is 1. The summed E-state index contributed by atoms with van der Waals surface area (Å²) in [5, 5.41) is 18.7. The van der Waals surface area contributed by atoms with Gasteiger partial charge in [0.05, 0.1) is 4.92 Å². The van der Waals surface area contributed by atoms with Gasteiger partial charge in [0, 0.05) is 18.1 Å². The molecule has 0 aliphatic heterocycles. The van der Waals surface area contributed by atoms with Crippen LogP contribution in [0.15, 0.2) is 18.2 Å². The Hall–Kier alpha value is -1.89. The van der Waals surface area contributed by atoms with Gasteiger partial charge in [-0.3, -0.25) is 10.1 Å². The van der Waals surface area contributed by atoms with Crippen molar-refractivity contribution in [3.63, 3.8) is 0 Å². The molecular weight excluding hydrogens is 252 g/mol. The first-order valence-electron chi connectivity index (χ1n) is 5.62. The van der Waals surface area contributed by atoms with E-state index in [1.165, 1.54) is 12.1 Å². The van der Waals surface area contributed by atoms with E-state index in [9.17, 15) is 10.1 Å². The molecule has 18 heavy (non-hydrogen) atoms. The van der Waals surface area contributed by atoms with Crippen LogP contribution in [0.5, 0.6) is 0 Å². The Bertz CT molecular complexity index is 666. The first-order valence-corrected chi connectivity index (χ1v) is 6.03. The summed E-state index contributed by atoms with van der Waals surface area (Å²) in [6.45, 7) is 2.12. The van der Waals surface area contributed by atoms with Gasteiger partial charge < -0.3 is 0 Å². The van der Waals surface area contributed by atoms with E-state index in [1.807, 2.05) is 0 Å². The minimum Gasteiger partial charge on any atom is -0.258 e. The standard InChI is InChI=1S/C11H10N4O2S/c1-6-4-8(6)11(18)14-10-5-7(15(16)17)2-3-9(10)12-13-14/h2-3,5-6,8H,4H2,1H3/t6-,8+/m0/s1. The highest BCUT2D eigenvalue weighted by Gasteiger charge is 2.38. The molecule has 3 rings (SSSR count). The number of nitrogens with zero attached hydrogens (tertiary/aromatic N) is 4. The first-order chi connectivity index (χ1) is 8.58. The van der Waals surface area contributed by atoms with Gasteiger partial charge in [0.1, 0.15) is 16.0 Å². The lowest BCUT2D eigenvalue weighted by molar-refractivity contribution is -0.384. The minimum atomic E-state index is -0.431. The predicted octanol–water partition coefficient (Wildman–Crippen LogP) is 2.17. The van der Waals surface area contributed by atoms with Gasteiger partial charge in [-0.25, -0.2) is 4.68 Å². The molecule has 0 spiro atoms. The van der Waals surface area contributed by atoms with E-state index >= 15 is 0 Å². The Morgan fingerprint density at radius 1 is 1.61 bits per heavy atom. The number of non-ortho nitro benzene ring substituents is 1. The normalized spacial score (nSPS) is 22.1. The van der Waals surface area contributed by atoms with Crippen LogP contribution in [0.25, 0.3) is 11.0 Å². The summed E-state index contributed by atoms with van der Waals surface area (Å²) in [5.41, 5.74) is 1.25. The molecule has 7 heteroatoms. The zero-order chi connectivity index (χ0) is 12.9. The maximum Gasteiger partial charge on any atom is 0.271 e. The van der Waals surface area contributed by atoms with Gasteiger partial charge in [0.2, 0.25) is 0 Å². The van der Waals surface area contributed by atoms with Crippen molar-refractivity contribution in [3.05, 3.63) is 28.3 Å². The Labute approximate surface area is 108 Å². The van der Waals surface area contributed by atoms with E-state index in [2.05, 4.69) is 17.2 Å². The monoisotopic (exact) mass is 262 g/mol. The summed E-state index contributed by atoms with van der Waals surface area (Å²) in [6.07, 6.45) is 1.05. The van der Waals surface area contributed by atoms with Gasteiger partial charge >= 0.3 is 0 Å². The molecule has 1 fully saturated rings. The van der Waals surface area contributed by atoms with Gasteiger partial charge in [-0.05, 0) is 18.4 Å². The van der Waals surface area contributed by atoms with Crippen LogP contribution in [0.4, 0.5) is 5.69 Å². The summed E-state index contributed by atoms with van der Waals surface area (Å²) in [7, 11) is 0. The lowest BCUT2D eigenvalue weighted by Gasteiger charge is -2.02. The van der Waals surface area contributed by atoms with Crippen molar-refractivity contribution >= 4 is 33.9 Å². The van der Waals surface area contributed by atoms with E-state index in [0.29, 0.717) is 27.9 Å². The van der Waals surface area contributed by atoms with Crippen molar-refractivity contribution in [2.24, 2.45) is 11.8 Å². The minimum absolute atomic E-state index is 0.0256. The molecule has 0 bridgehead atoms. The number of hydrogen-bond acceptors (Lipinski definition) is 5. The third-order valence-electron chi connectivity index (χ3n) is 3.28. The second-order valence-electron chi connectivity index (χ2n) is 4.59. The fraction of sp³-hybridized carbons (Fsp3) is 0.364. The van der Waals surface area contributed by atoms with E-state index in [0.717, 1.165) is 6.42 Å². The Morgan fingerprint density at radius 3 is 2.94 bits per heavy atom. The van der Waals surface area contributed by atoms with Crippen LogP contribution in [0.1, 0.15) is 13.3 Å². The summed E-state index contributed by atoms with van der Waals surface area (Å²) in [6, 6.07) is 4.48. The predicted molar refractivity (Wildman–Crippen MR) is 69.4 cm³/mol. The van der Waals surface area contributed by atoms with Crippen molar-refractivity contribution in [2.45, 2.75) is 13.3 Å². The number of benzene rings is 1. The Balaban J connectivity index is 2.09. The number of nitro groups is 1. The molecule has 1 aromatic heterocycles. The smallest absolute Gasteiger partial charge is 0.258 e. The summed E-state index contributed by atoms with van der Waals surface area (Å²) in [4.78, 5) is 11.0. The highest BCUT2D eigenvalue weighted by Crippen LogP contribution is 2.39. The second kappa shape index (κ2) is 3.81. The third kappa shape index (κ3) is 1.67. The molecule has 0 amide bonds. The van der Waals surface area contributed by atoms with Gasteiger partial charge in [0.15, 0.2) is 0 Å². The summed E-state index contributed by atoms with van der Waals surface area (Å²) >= 11 is 5.36. The molecule has 6 nitrogen and oxygen atoms in total. The molecule has 0 radical (unpaired) electrons. The lowest BCUT2D eigenvalue weighted by Crippen LogP contribution is -2.13. The number of aromatic nitrogens is 3. The van der Waals surface area contributed by atoms with Crippen LogP contribution in [-0.4, -0.2) is 24.9 Å². The number of rotatable bonds is 2. The molecule has 1 aromatic carbocycles. The average molecular weight is 262 g/mol. The van der Waals surface area contributed by atoms with Gasteiger partial charge in [-0.1, -0.05) is 24.4 Å². The van der Waals surface area contributed by atoms with Gasteiger partial charge in [-0.15, -0.1) is 5.10 Å². The topological polar surface area (TPSA) is 73.8 Å². The molecule has 2 aromatic rings. The van der Waals surface area contributed by atoms with Crippen molar-refractivity contribution in [2.75, 3.05) is 0 Å². The van der Waals surface area contributed by atoms with E-state index in [-0.39, 0.29) is 5.69 Å². The van der Waals surface area contributed by atoms with Crippen LogP contribution < -0.4 is 0 Å². The highest BCUT2D eigenvalue weighted by molar-refractivity contribution is 7.80. The van der Waals surface area contributed by atoms with E-state index in [1.54, 1.807) is 10.7 Å². The Morgan fingerprint density at radius 2 is 2.33 bits per heavy atom. The molecular formula is C11H10N4O2S. The SMILES string of the molecule is C[C@H]1C[C@H]1C(=S)n1nnc2ccc([N+](=O)[O-])cc21. The van der Waals surface area contributed by atoms with E-state index in [4.69, 9.17) is 12.2 Å². The lowest BCUT2D eigenvalue weighted by atomic mass is 10.2. The van der Waals surface area contributed by atoms with Gasteiger partial charge in [0.25, 0.3) is 5.69 Å². The number of hydrogen-bond donors (Lipinski definition) is 0. The third-order valence-corrected chi connectivity index (χ3v) is 3.75. The molecule has 1 aliphatic rings. The molecule has 0 unspecified atom stereocenters. The first kappa shape index (κ1) is 11.2. The van der Waals surface area contributed by atoms with E-state index < -0.39 is 4.92 Å². The highest BCUT2D eigenvalue weighted by atomic mass is 32.1. The van der Waals surface area contributed by atoms with Crippen LogP contribution >= 0.6 is 12.2 Å². The summed E-state index contributed by atoms with van der Waals surface area (Å²) in [5.74, 6) is 0.902. The van der Waals surface area contributed by atoms with Crippen LogP contribution in [-0.2, 0) is 0 Å². The fourth-order valence-corrected chi connectivity index (χ4v) is 2.47. The summed E-state index contributed by atoms with van der Waals surface area (Å²) < 4.78 is 1.55. The van der Waals surface area contributed by atoms with Gasteiger partial charge in [-0.2, -0.15) is 0 Å². The zero-order valence-electron chi connectivity index (χ0n) is 9.61. The van der Waals surface area contributed by atoms with Crippen molar-refractivity contribution in [1.82, 2.24) is 15.0 Å². The van der Waals surface area contributed by atoms with Crippen LogP contribution in [0.3, 0.4) is 0 Å². The molecule has 0 N–H and O–H groups in total. The quantitative estimate of drug-likeness (QED) is 0.471. The van der Waals surface area contributed by atoms with Crippen molar-refractivity contribution < 1.29 is 4.92 Å². The molecule has 92 valence electrons. The number of thiocarbonyl (C=S) groups is 1. The Kier molecular flexibility index (Phi) is 2.37. The number of nitro benzene ring substituents is 1. The largest absolute Gasteiger partial charge is 0.271 e. The molecule has 1 heterocycles. The maximum absolute atomic E-state index is 10.8. The second-order valence-corrected chi connectivity index (χ2v) is 5.01.